The first-order valence-electron chi connectivity index (χ1n) is 4.02. The number of rotatable bonds is 3. The van der Waals surface area contributed by atoms with Gasteiger partial charge in [0, 0.05) is 5.56 Å². The van der Waals surface area contributed by atoms with Crippen molar-refractivity contribution in [1.82, 2.24) is 0 Å². The Morgan fingerprint density at radius 2 is 2.14 bits per heavy atom. The topological polar surface area (TPSA) is 35.2 Å². The Morgan fingerprint density at radius 3 is 2.64 bits per heavy atom. The molecule has 0 aromatic heterocycles. The highest BCUT2D eigenvalue weighted by atomic mass is 79.9. The molecule has 0 amide bonds. The maximum atomic E-state index is 13.4. The number of ether oxygens (including phenoxy) is 1. The zero-order valence-electron chi connectivity index (χ0n) is 7.61. The lowest BCUT2D eigenvalue weighted by Crippen LogP contribution is -2.06. The van der Waals surface area contributed by atoms with Crippen LogP contribution < -0.4 is 10.5 Å². The Hall–Kier alpha value is -0.680. The second kappa shape index (κ2) is 4.70. The van der Waals surface area contributed by atoms with Crippen LogP contribution in [0, 0.1) is 11.6 Å². The molecule has 0 spiro atoms. The van der Waals surface area contributed by atoms with Gasteiger partial charge in [-0.05, 0) is 35.0 Å². The number of hydrogen-bond acceptors (Lipinski definition) is 2. The van der Waals surface area contributed by atoms with Gasteiger partial charge in [0.15, 0.2) is 11.6 Å². The molecule has 14 heavy (non-hydrogen) atoms. The molecule has 1 aromatic rings. The van der Waals surface area contributed by atoms with Crippen LogP contribution in [-0.4, -0.2) is 13.7 Å². The van der Waals surface area contributed by atoms with Crippen LogP contribution in [0.25, 0.3) is 0 Å². The molecule has 0 aliphatic carbocycles. The fourth-order valence-corrected chi connectivity index (χ4v) is 1.48. The van der Waals surface area contributed by atoms with Gasteiger partial charge in [-0.1, -0.05) is 0 Å². The molecule has 0 unspecified atom stereocenters. The Bertz CT molecular complexity index is 344. The van der Waals surface area contributed by atoms with E-state index in [1.54, 1.807) is 0 Å². The fourth-order valence-electron chi connectivity index (χ4n) is 1.19. The first-order valence-corrected chi connectivity index (χ1v) is 4.81. The van der Waals surface area contributed by atoms with E-state index in [2.05, 4.69) is 15.9 Å². The van der Waals surface area contributed by atoms with Gasteiger partial charge in [-0.15, -0.1) is 0 Å². The molecule has 0 aliphatic heterocycles. The summed E-state index contributed by atoms with van der Waals surface area (Å²) in [7, 11) is 1.34. The van der Waals surface area contributed by atoms with Crippen molar-refractivity contribution in [2.45, 2.75) is 6.42 Å². The van der Waals surface area contributed by atoms with E-state index >= 15 is 0 Å². The monoisotopic (exact) mass is 265 g/mol. The third-order valence-electron chi connectivity index (χ3n) is 1.81. The molecule has 0 fully saturated rings. The van der Waals surface area contributed by atoms with Gasteiger partial charge in [-0.25, -0.2) is 8.78 Å². The van der Waals surface area contributed by atoms with E-state index in [0.29, 0.717) is 18.5 Å². The van der Waals surface area contributed by atoms with Gasteiger partial charge in [0.2, 0.25) is 0 Å². The predicted octanol–water partition coefficient (Wildman–Crippen LogP) is 2.24. The molecule has 0 heterocycles. The lowest BCUT2D eigenvalue weighted by molar-refractivity contribution is 0.377. The predicted molar refractivity (Wildman–Crippen MR) is 53.4 cm³/mol. The Labute approximate surface area is 89.2 Å². The number of nitrogens with two attached hydrogens (primary N) is 1. The SMILES string of the molecule is COc1c(CCN)cc(F)c(Br)c1F. The largest absolute Gasteiger partial charge is 0.493 e. The van der Waals surface area contributed by atoms with Gasteiger partial charge in [0.1, 0.15) is 5.82 Å². The smallest absolute Gasteiger partial charge is 0.182 e. The van der Waals surface area contributed by atoms with Crippen molar-refractivity contribution >= 4 is 15.9 Å². The summed E-state index contributed by atoms with van der Waals surface area (Å²) in [5, 5.41) is 0. The molecule has 2 N–H and O–H groups in total. The van der Waals surface area contributed by atoms with Crippen LogP contribution in [-0.2, 0) is 6.42 Å². The van der Waals surface area contributed by atoms with Crippen LogP contribution in [0.1, 0.15) is 5.56 Å². The number of methoxy groups -OCH3 is 1. The van der Waals surface area contributed by atoms with E-state index in [4.69, 9.17) is 10.5 Å². The van der Waals surface area contributed by atoms with E-state index in [9.17, 15) is 8.78 Å². The van der Waals surface area contributed by atoms with Crippen molar-refractivity contribution in [3.05, 3.63) is 27.7 Å². The first kappa shape index (κ1) is 11.4. The molecule has 5 heteroatoms. The Balaban J connectivity index is 3.28. The van der Waals surface area contributed by atoms with Crippen molar-refractivity contribution in [2.24, 2.45) is 5.73 Å². The highest BCUT2D eigenvalue weighted by Crippen LogP contribution is 2.31. The van der Waals surface area contributed by atoms with E-state index in [1.165, 1.54) is 13.2 Å². The molecule has 0 bridgehead atoms. The van der Waals surface area contributed by atoms with Gasteiger partial charge < -0.3 is 10.5 Å². The fraction of sp³-hybridized carbons (Fsp3) is 0.333. The van der Waals surface area contributed by atoms with Crippen LogP contribution >= 0.6 is 15.9 Å². The zero-order valence-corrected chi connectivity index (χ0v) is 9.20. The third kappa shape index (κ3) is 2.04. The number of hydrogen-bond donors (Lipinski definition) is 1. The third-order valence-corrected chi connectivity index (χ3v) is 2.54. The summed E-state index contributed by atoms with van der Waals surface area (Å²) in [5.41, 5.74) is 5.75. The summed E-state index contributed by atoms with van der Waals surface area (Å²) in [6.07, 6.45) is 0.379. The van der Waals surface area contributed by atoms with Crippen molar-refractivity contribution in [3.8, 4) is 5.75 Å². The van der Waals surface area contributed by atoms with Gasteiger partial charge in [-0.2, -0.15) is 0 Å². The summed E-state index contributed by atoms with van der Waals surface area (Å²) in [6, 6.07) is 1.22. The molecule has 1 aromatic carbocycles. The van der Waals surface area contributed by atoms with E-state index < -0.39 is 11.6 Å². The summed E-state index contributed by atoms with van der Waals surface area (Å²) < 4.78 is 31.1. The standard InChI is InChI=1S/C9H10BrF2NO/c1-14-9-5(2-3-13)4-6(11)7(10)8(9)12/h4H,2-3,13H2,1H3. The lowest BCUT2D eigenvalue weighted by Gasteiger charge is -2.10. The zero-order chi connectivity index (χ0) is 10.7. The van der Waals surface area contributed by atoms with Crippen LogP contribution in [0.5, 0.6) is 5.75 Å². The molecule has 0 aliphatic rings. The van der Waals surface area contributed by atoms with Crippen molar-refractivity contribution in [3.63, 3.8) is 0 Å². The van der Waals surface area contributed by atoms with E-state index in [1.807, 2.05) is 0 Å². The summed E-state index contributed by atoms with van der Waals surface area (Å²) in [6.45, 7) is 0.316. The van der Waals surface area contributed by atoms with Crippen LogP contribution in [0.3, 0.4) is 0 Å². The molecule has 0 radical (unpaired) electrons. The number of benzene rings is 1. The molecule has 1 rings (SSSR count). The normalized spacial score (nSPS) is 10.4. The van der Waals surface area contributed by atoms with Gasteiger partial charge >= 0.3 is 0 Å². The van der Waals surface area contributed by atoms with Crippen LogP contribution in [0.4, 0.5) is 8.78 Å². The summed E-state index contributed by atoms with van der Waals surface area (Å²) >= 11 is 2.79. The molecular formula is C9H10BrF2NO. The molecular weight excluding hydrogens is 256 g/mol. The molecule has 78 valence electrons. The second-order valence-electron chi connectivity index (χ2n) is 2.72. The van der Waals surface area contributed by atoms with Crippen molar-refractivity contribution in [1.29, 1.82) is 0 Å². The Morgan fingerprint density at radius 1 is 1.50 bits per heavy atom. The molecule has 0 saturated heterocycles. The summed E-state index contributed by atoms with van der Waals surface area (Å²) in [4.78, 5) is 0. The molecule has 2 nitrogen and oxygen atoms in total. The summed E-state index contributed by atoms with van der Waals surface area (Å²) in [5.74, 6) is -1.33. The van der Waals surface area contributed by atoms with E-state index in [-0.39, 0.29) is 10.2 Å². The highest BCUT2D eigenvalue weighted by Gasteiger charge is 2.16. The van der Waals surface area contributed by atoms with Crippen LogP contribution in [0.2, 0.25) is 0 Å². The lowest BCUT2D eigenvalue weighted by atomic mass is 10.1. The number of halogens is 3. The van der Waals surface area contributed by atoms with Gasteiger partial charge in [0.25, 0.3) is 0 Å². The van der Waals surface area contributed by atoms with Crippen molar-refractivity contribution in [2.75, 3.05) is 13.7 Å². The minimum Gasteiger partial charge on any atom is -0.493 e. The average Bonchev–Trinajstić information content (AvgIpc) is 2.16. The average molecular weight is 266 g/mol. The first-order chi connectivity index (χ1) is 6.61. The Kier molecular flexibility index (Phi) is 3.83. The van der Waals surface area contributed by atoms with Gasteiger partial charge in [0.05, 0.1) is 11.6 Å². The maximum Gasteiger partial charge on any atom is 0.182 e. The highest BCUT2D eigenvalue weighted by molar-refractivity contribution is 9.10. The second-order valence-corrected chi connectivity index (χ2v) is 3.51. The van der Waals surface area contributed by atoms with Crippen LogP contribution in [0.15, 0.2) is 10.5 Å². The van der Waals surface area contributed by atoms with E-state index in [0.717, 1.165) is 0 Å². The minimum atomic E-state index is -0.726. The molecule has 0 saturated carbocycles. The van der Waals surface area contributed by atoms with Crippen molar-refractivity contribution < 1.29 is 13.5 Å². The quantitative estimate of drug-likeness (QED) is 0.851. The maximum absolute atomic E-state index is 13.4. The molecule has 0 atom stereocenters. The minimum absolute atomic E-state index is 0.0451. The van der Waals surface area contributed by atoms with Gasteiger partial charge in [-0.3, -0.25) is 0 Å².